The normalized spacial score (nSPS) is 17.9. The summed E-state index contributed by atoms with van der Waals surface area (Å²) < 4.78 is 0. The average Bonchev–Trinajstić information content (AvgIpc) is 2.68. The van der Waals surface area contributed by atoms with Gasteiger partial charge in [0, 0.05) is 25.6 Å². The van der Waals surface area contributed by atoms with Gasteiger partial charge in [0.25, 0.3) is 0 Å². The van der Waals surface area contributed by atoms with Crippen LogP contribution in [-0.4, -0.2) is 29.6 Å². The van der Waals surface area contributed by atoms with Crippen molar-refractivity contribution in [2.24, 2.45) is 0 Å². The Balaban J connectivity index is 0.00000176. The molecule has 0 spiro atoms. The minimum Gasteiger partial charge on any atom is -0.508 e. The second kappa shape index (κ2) is 7.48. The lowest BCUT2D eigenvalue weighted by Crippen LogP contribution is -2.28. The van der Waals surface area contributed by atoms with Crippen molar-refractivity contribution in [3.05, 3.63) is 77.9 Å². The molecule has 1 atom stereocenters. The molecule has 1 heterocycles. The van der Waals surface area contributed by atoms with E-state index in [2.05, 4.69) is 41.8 Å². The highest BCUT2D eigenvalue weighted by Crippen LogP contribution is 2.33. The summed E-state index contributed by atoms with van der Waals surface area (Å²) in [6, 6.07) is 16.4. The molecule has 22 heavy (non-hydrogen) atoms. The number of benzene rings is 2. The van der Waals surface area contributed by atoms with Gasteiger partial charge in [-0.15, -0.1) is 19.0 Å². The minimum absolute atomic E-state index is 0. The van der Waals surface area contributed by atoms with E-state index in [1.165, 1.54) is 16.7 Å². The zero-order valence-electron chi connectivity index (χ0n) is 12.6. The summed E-state index contributed by atoms with van der Waals surface area (Å²) in [5.74, 6) is 0.655. The number of nitrogens with zero attached hydrogens (tertiary/aromatic N) is 1. The molecule has 1 aliphatic rings. The van der Waals surface area contributed by atoms with Crippen LogP contribution in [-0.2, 0) is 6.42 Å². The number of aromatic hydroxyl groups is 1. The molecular formula is C19H22ClNO. The van der Waals surface area contributed by atoms with Gasteiger partial charge in [-0.05, 0) is 35.2 Å². The van der Waals surface area contributed by atoms with Crippen LogP contribution in [0, 0.1) is 0 Å². The fourth-order valence-electron chi connectivity index (χ4n) is 3.18. The number of phenolic OH excluding ortho intramolecular Hbond substituents is 1. The summed E-state index contributed by atoms with van der Waals surface area (Å²) in [7, 11) is 0. The summed E-state index contributed by atoms with van der Waals surface area (Å²) in [4.78, 5) is 2.43. The number of halogens is 1. The van der Waals surface area contributed by atoms with Crippen molar-refractivity contribution in [1.82, 2.24) is 4.90 Å². The molecule has 0 saturated heterocycles. The highest BCUT2D eigenvalue weighted by atomic mass is 35.5. The van der Waals surface area contributed by atoms with Crippen LogP contribution in [0.15, 0.2) is 61.2 Å². The van der Waals surface area contributed by atoms with Gasteiger partial charge in [-0.1, -0.05) is 42.5 Å². The van der Waals surface area contributed by atoms with Gasteiger partial charge in [-0.3, -0.25) is 4.90 Å². The Morgan fingerprint density at radius 1 is 1.18 bits per heavy atom. The van der Waals surface area contributed by atoms with Gasteiger partial charge in [-0.2, -0.15) is 0 Å². The standard InChI is InChI=1S/C19H21NO.ClH/c1-2-11-20-12-10-16-8-9-17(21)13-18(16)19(14-20)15-6-4-3-5-7-15;/h2-9,13,19,21H,1,10-12,14H2;1H. The van der Waals surface area contributed by atoms with Crippen molar-refractivity contribution < 1.29 is 5.11 Å². The van der Waals surface area contributed by atoms with E-state index in [0.29, 0.717) is 11.7 Å². The molecule has 0 bridgehead atoms. The predicted molar refractivity (Wildman–Crippen MR) is 94.0 cm³/mol. The van der Waals surface area contributed by atoms with Gasteiger partial charge in [0.2, 0.25) is 0 Å². The summed E-state index contributed by atoms with van der Waals surface area (Å²) in [6.45, 7) is 6.77. The first-order valence-corrected chi connectivity index (χ1v) is 7.48. The Morgan fingerprint density at radius 3 is 2.68 bits per heavy atom. The van der Waals surface area contributed by atoms with Crippen LogP contribution in [0.1, 0.15) is 22.6 Å². The van der Waals surface area contributed by atoms with Gasteiger partial charge in [0.1, 0.15) is 5.75 Å². The molecule has 1 aliphatic heterocycles. The van der Waals surface area contributed by atoms with E-state index < -0.39 is 0 Å². The molecule has 2 aromatic rings. The molecule has 0 saturated carbocycles. The van der Waals surface area contributed by atoms with Crippen molar-refractivity contribution in [2.45, 2.75) is 12.3 Å². The van der Waals surface area contributed by atoms with E-state index in [1.807, 2.05) is 18.2 Å². The zero-order chi connectivity index (χ0) is 14.7. The molecule has 0 aromatic heterocycles. The third kappa shape index (κ3) is 3.52. The van der Waals surface area contributed by atoms with Crippen molar-refractivity contribution in [3.8, 4) is 5.75 Å². The maximum atomic E-state index is 9.88. The third-order valence-corrected chi connectivity index (χ3v) is 4.23. The van der Waals surface area contributed by atoms with Crippen LogP contribution in [0.25, 0.3) is 0 Å². The molecule has 0 radical (unpaired) electrons. The van der Waals surface area contributed by atoms with Gasteiger partial charge < -0.3 is 5.11 Å². The molecule has 3 heteroatoms. The summed E-state index contributed by atoms with van der Waals surface area (Å²) in [5, 5.41) is 9.88. The number of hydrogen-bond acceptors (Lipinski definition) is 2. The zero-order valence-corrected chi connectivity index (χ0v) is 13.4. The first-order chi connectivity index (χ1) is 10.3. The van der Waals surface area contributed by atoms with Crippen LogP contribution < -0.4 is 0 Å². The molecule has 1 N–H and O–H groups in total. The lowest BCUT2D eigenvalue weighted by molar-refractivity contribution is 0.306. The van der Waals surface area contributed by atoms with Crippen LogP contribution in [0.4, 0.5) is 0 Å². The third-order valence-electron chi connectivity index (χ3n) is 4.23. The van der Waals surface area contributed by atoms with Crippen LogP contribution in [0.2, 0.25) is 0 Å². The molecule has 0 amide bonds. The predicted octanol–water partition coefficient (Wildman–Crippen LogP) is 3.99. The second-order valence-electron chi connectivity index (χ2n) is 5.64. The summed E-state index contributed by atoms with van der Waals surface area (Å²) in [5.41, 5.74) is 3.90. The van der Waals surface area contributed by atoms with Crippen molar-refractivity contribution in [1.29, 1.82) is 0 Å². The molecule has 1 unspecified atom stereocenters. The van der Waals surface area contributed by atoms with E-state index in [1.54, 1.807) is 6.07 Å². The molecule has 116 valence electrons. The topological polar surface area (TPSA) is 23.5 Å². The van der Waals surface area contributed by atoms with Gasteiger partial charge in [-0.25, -0.2) is 0 Å². The Hall–Kier alpha value is -1.77. The van der Waals surface area contributed by atoms with E-state index >= 15 is 0 Å². The largest absolute Gasteiger partial charge is 0.508 e. The molecule has 0 fully saturated rings. The average molecular weight is 316 g/mol. The Labute approximate surface area is 138 Å². The SMILES string of the molecule is C=CCN1CCc2ccc(O)cc2C(c2ccccc2)C1.Cl. The number of fused-ring (bicyclic) bond motifs is 1. The highest BCUT2D eigenvalue weighted by molar-refractivity contribution is 5.85. The fraction of sp³-hybridized carbons (Fsp3) is 0.263. The maximum Gasteiger partial charge on any atom is 0.115 e. The van der Waals surface area contributed by atoms with E-state index in [-0.39, 0.29) is 12.4 Å². The number of rotatable bonds is 3. The molecule has 0 aliphatic carbocycles. The summed E-state index contributed by atoms with van der Waals surface area (Å²) >= 11 is 0. The van der Waals surface area contributed by atoms with Crippen molar-refractivity contribution in [3.63, 3.8) is 0 Å². The van der Waals surface area contributed by atoms with Crippen molar-refractivity contribution in [2.75, 3.05) is 19.6 Å². The first kappa shape index (κ1) is 16.6. The van der Waals surface area contributed by atoms with E-state index in [9.17, 15) is 5.11 Å². The Kier molecular flexibility index (Phi) is 5.64. The lowest BCUT2D eigenvalue weighted by Gasteiger charge is -2.24. The number of phenols is 1. The van der Waals surface area contributed by atoms with Gasteiger partial charge >= 0.3 is 0 Å². The Bertz CT molecular complexity index is 627. The minimum atomic E-state index is 0. The molecule has 2 aromatic carbocycles. The monoisotopic (exact) mass is 315 g/mol. The van der Waals surface area contributed by atoms with Gasteiger partial charge in [0.05, 0.1) is 0 Å². The Morgan fingerprint density at radius 2 is 1.95 bits per heavy atom. The van der Waals surface area contributed by atoms with Crippen LogP contribution in [0.5, 0.6) is 5.75 Å². The maximum absolute atomic E-state index is 9.88. The molecule has 3 rings (SSSR count). The van der Waals surface area contributed by atoms with E-state index in [0.717, 1.165) is 26.1 Å². The second-order valence-corrected chi connectivity index (χ2v) is 5.64. The first-order valence-electron chi connectivity index (χ1n) is 7.48. The molecular weight excluding hydrogens is 294 g/mol. The van der Waals surface area contributed by atoms with Crippen LogP contribution in [0.3, 0.4) is 0 Å². The summed E-state index contributed by atoms with van der Waals surface area (Å²) in [6.07, 6.45) is 2.99. The number of hydrogen-bond donors (Lipinski definition) is 1. The fourth-order valence-corrected chi connectivity index (χ4v) is 3.18. The lowest BCUT2D eigenvalue weighted by atomic mass is 9.88. The van der Waals surface area contributed by atoms with Gasteiger partial charge in [0.15, 0.2) is 0 Å². The van der Waals surface area contributed by atoms with Crippen molar-refractivity contribution >= 4 is 12.4 Å². The molecule has 2 nitrogen and oxygen atoms in total. The van der Waals surface area contributed by atoms with E-state index in [4.69, 9.17) is 0 Å². The van der Waals surface area contributed by atoms with Crippen LogP contribution >= 0.6 is 12.4 Å². The quantitative estimate of drug-likeness (QED) is 0.866. The highest BCUT2D eigenvalue weighted by Gasteiger charge is 2.24. The smallest absolute Gasteiger partial charge is 0.115 e.